The number of carbonyl (C=O) groups excluding carboxylic acids is 2. The third-order valence-corrected chi connectivity index (χ3v) is 3.53. The van der Waals surface area contributed by atoms with Crippen LogP contribution in [0, 0.1) is 0 Å². The maximum absolute atomic E-state index is 12.0. The van der Waals surface area contributed by atoms with Crippen LogP contribution in [0.1, 0.15) is 19.3 Å². The highest BCUT2D eigenvalue weighted by molar-refractivity contribution is 5.94. The Bertz CT molecular complexity index is 517. The van der Waals surface area contributed by atoms with Gasteiger partial charge in [0.05, 0.1) is 31.6 Å². The molecule has 0 radical (unpaired) electrons. The summed E-state index contributed by atoms with van der Waals surface area (Å²) in [6.07, 6.45) is 4.31. The van der Waals surface area contributed by atoms with Gasteiger partial charge in [-0.05, 0) is 19.3 Å². The second kappa shape index (κ2) is 7.90. The molecule has 2 N–H and O–H groups in total. The van der Waals surface area contributed by atoms with Gasteiger partial charge in [0, 0.05) is 19.9 Å². The van der Waals surface area contributed by atoms with Crippen LogP contribution in [0.25, 0.3) is 0 Å². The van der Waals surface area contributed by atoms with Crippen molar-refractivity contribution in [2.75, 3.05) is 32.1 Å². The van der Waals surface area contributed by atoms with E-state index in [4.69, 9.17) is 4.74 Å². The first-order chi connectivity index (χ1) is 10.6. The fraction of sp³-hybridized carbons (Fsp3) is 0.643. The molecule has 0 saturated carbocycles. The minimum Gasteiger partial charge on any atom is -0.383 e. The lowest BCUT2D eigenvalue weighted by molar-refractivity contribution is -0.141. The number of nitrogens with zero attached hydrogens (tertiary/aromatic N) is 3. The Morgan fingerprint density at radius 2 is 2.36 bits per heavy atom. The number of rotatable bonds is 6. The standard InChI is InChI=1S/C14H22N4O4/c1-22-7-6-18-9-11(8-15-18)16-13(20)10-17-5-3-2-4-12(19)14(17)21/h8-9,12,19H,2-7,10H2,1H3,(H,16,20). The molecule has 2 amide bonds. The number of aliphatic hydroxyl groups is 1. The summed E-state index contributed by atoms with van der Waals surface area (Å²) in [5, 5.41) is 16.5. The zero-order chi connectivity index (χ0) is 15.9. The molecule has 0 aliphatic carbocycles. The monoisotopic (exact) mass is 310 g/mol. The Labute approximate surface area is 129 Å². The lowest BCUT2D eigenvalue weighted by Gasteiger charge is -2.21. The summed E-state index contributed by atoms with van der Waals surface area (Å²) in [6, 6.07) is 0. The normalized spacial score (nSPS) is 19.1. The predicted molar refractivity (Wildman–Crippen MR) is 79.2 cm³/mol. The number of aliphatic hydroxyl groups excluding tert-OH is 1. The second-order valence-corrected chi connectivity index (χ2v) is 5.30. The second-order valence-electron chi connectivity index (χ2n) is 5.30. The number of carbonyl (C=O) groups is 2. The van der Waals surface area contributed by atoms with E-state index in [1.807, 2.05) is 0 Å². The Morgan fingerprint density at radius 1 is 1.55 bits per heavy atom. The molecule has 1 aliphatic rings. The summed E-state index contributed by atoms with van der Waals surface area (Å²) in [7, 11) is 1.61. The van der Waals surface area contributed by atoms with Gasteiger partial charge in [-0.25, -0.2) is 0 Å². The van der Waals surface area contributed by atoms with Gasteiger partial charge in [-0.15, -0.1) is 0 Å². The molecule has 122 valence electrons. The third kappa shape index (κ3) is 4.54. The molecule has 1 aromatic heterocycles. The number of likely N-dealkylation sites (tertiary alicyclic amines) is 1. The smallest absolute Gasteiger partial charge is 0.251 e. The van der Waals surface area contributed by atoms with Gasteiger partial charge in [-0.1, -0.05) is 0 Å². The highest BCUT2D eigenvalue weighted by atomic mass is 16.5. The quantitative estimate of drug-likeness (QED) is 0.761. The van der Waals surface area contributed by atoms with E-state index < -0.39 is 6.10 Å². The van der Waals surface area contributed by atoms with Crippen LogP contribution >= 0.6 is 0 Å². The fourth-order valence-electron chi connectivity index (χ4n) is 2.35. The molecule has 22 heavy (non-hydrogen) atoms. The molecule has 0 aromatic carbocycles. The lowest BCUT2D eigenvalue weighted by Crippen LogP contribution is -2.42. The van der Waals surface area contributed by atoms with Crippen molar-refractivity contribution in [3.05, 3.63) is 12.4 Å². The number of ether oxygens (including phenoxy) is 1. The van der Waals surface area contributed by atoms with E-state index >= 15 is 0 Å². The summed E-state index contributed by atoms with van der Waals surface area (Å²) in [5.74, 6) is -0.669. The maximum atomic E-state index is 12.0. The van der Waals surface area contributed by atoms with Crippen LogP contribution < -0.4 is 5.32 Å². The Hall–Kier alpha value is -1.93. The van der Waals surface area contributed by atoms with Crippen LogP contribution in [0.3, 0.4) is 0 Å². The van der Waals surface area contributed by atoms with Crippen molar-refractivity contribution < 1.29 is 19.4 Å². The van der Waals surface area contributed by atoms with Crippen molar-refractivity contribution in [3.8, 4) is 0 Å². The molecule has 0 bridgehead atoms. The van der Waals surface area contributed by atoms with Gasteiger partial charge in [-0.3, -0.25) is 14.3 Å². The van der Waals surface area contributed by atoms with Gasteiger partial charge < -0.3 is 20.1 Å². The molecular weight excluding hydrogens is 288 g/mol. The van der Waals surface area contributed by atoms with Crippen LogP contribution in [0.5, 0.6) is 0 Å². The third-order valence-electron chi connectivity index (χ3n) is 3.53. The molecule has 1 atom stereocenters. The average Bonchev–Trinajstić information content (AvgIpc) is 2.88. The van der Waals surface area contributed by atoms with Gasteiger partial charge in [0.15, 0.2) is 0 Å². The van der Waals surface area contributed by atoms with Crippen LogP contribution in [0.15, 0.2) is 12.4 Å². The summed E-state index contributed by atoms with van der Waals surface area (Å²) in [6.45, 7) is 1.58. The van der Waals surface area contributed by atoms with Crippen molar-refractivity contribution in [3.63, 3.8) is 0 Å². The van der Waals surface area contributed by atoms with Crippen molar-refractivity contribution in [2.24, 2.45) is 0 Å². The molecule has 0 spiro atoms. The van der Waals surface area contributed by atoms with Crippen LogP contribution in [-0.4, -0.2) is 64.5 Å². The van der Waals surface area contributed by atoms with E-state index in [1.165, 1.54) is 4.90 Å². The molecule has 2 heterocycles. The summed E-state index contributed by atoms with van der Waals surface area (Å²) in [4.78, 5) is 25.3. The molecule has 8 heteroatoms. The van der Waals surface area contributed by atoms with Crippen molar-refractivity contribution >= 4 is 17.5 Å². The summed E-state index contributed by atoms with van der Waals surface area (Å²) < 4.78 is 6.62. The Morgan fingerprint density at radius 3 is 3.14 bits per heavy atom. The van der Waals surface area contributed by atoms with Crippen LogP contribution in [0.4, 0.5) is 5.69 Å². The van der Waals surface area contributed by atoms with E-state index in [2.05, 4.69) is 10.4 Å². The highest BCUT2D eigenvalue weighted by Crippen LogP contribution is 2.12. The minimum absolute atomic E-state index is 0.0564. The molecule has 2 rings (SSSR count). The molecule has 1 aromatic rings. The first-order valence-electron chi connectivity index (χ1n) is 7.38. The minimum atomic E-state index is -0.993. The number of hydrogen-bond acceptors (Lipinski definition) is 5. The number of anilines is 1. The molecule has 1 fully saturated rings. The van der Waals surface area contributed by atoms with E-state index in [-0.39, 0.29) is 18.4 Å². The number of amides is 2. The van der Waals surface area contributed by atoms with Gasteiger partial charge in [0.1, 0.15) is 6.10 Å². The number of methoxy groups -OCH3 is 1. The SMILES string of the molecule is COCCn1cc(NC(=O)CN2CCCCC(O)C2=O)cn1. The summed E-state index contributed by atoms with van der Waals surface area (Å²) >= 11 is 0. The summed E-state index contributed by atoms with van der Waals surface area (Å²) in [5.41, 5.74) is 0.573. The Balaban J connectivity index is 1.86. The number of aromatic nitrogens is 2. The average molecular weight is 310 g/mol. The predicted octanol–water partition coefficient (Wildman–Crippen LogP) is -0.159. The van der Waals surface area contributed by atoms with E-state index in [0.717, 1.165) is 12.8 Å². The lowest BCUT2D eigenvalue weighted by atomic mass is 10.2. The van der Waals surface area contributed by atoms with Crippen molar-refractivity contribution in [2.45, 2.75) is 31.9 Å². The van der Waals surface area contributed by atoms with Crippen LogP contribution in [0.2, 0.25) is 0 Å². The number of nitrogens with one attached hydrogen (secondary N) is 1. The van der Waals surface area contributed by atoms with Gasteiger partial charge in [0.25, 0.3) is 5.91 Å². The van der Waals surface area contributed by atoms with Crippen LogP contribution in [-0.2, 0) is 20.9 Å². The highest BCUT2D eigenvalue weighted by Gasteiger charge is 2.26. The Kier molecular flexibility index (Phi) is 5.91. The first kappa shape index (κ1) is 16.4. The molecule has 1 aliphatic heterocycles. The topological polar surface area (TPSA) is 96.7 Å². The van der Waals surface area contributed by atoms with Gasteiger partial charge >= 0.3 is 0 Å². The zero-order valence-corrected chi connectivity index (χ0v) is 12.7. The molecule has 8 nitrogen and oxygen atoms in total. The molecular formula is C14H22N4O4. The van der Waals surface area contributed by atoms with E-state index in [0.29, 0.717) is 31.8 Å². The fourth-order valence-corrected chi connectivity index (χ4v) is 2.35. The molecule has 1 unspecified atom stereocenters. The number of hydrogen-bond donors (Lipinski definition) is 2. The van der Waals surface area contributed by atoms with E-state index in [9.17, 15) is 14.7 Å². The van der Waals surface area contributed by atoms with Crippen molar-refractivity contribution in [1.82, 2.24) is 14.7 Å². The van der Waals surface area contributed by atoms with Gasteiger partial charge in [-0.2, -0.15) is 5.10 Å². The largest absolute Gasteiger partial charge is 0.383 e. The molecule has 1 saturated heterocycles. The van der Waals surface area contributed by atoms with E-state index in [1.54, 1.807) is 24.2 Å². The van der Waals surface area contributed by atoms with Gasteiger partial charge in [0.2, 0.25) is 5.91 Å². The zero-order valence-electron chi connectivity index (χ0n) is 12.7. The maximum Gasteiger partial charge on any atom is 0.251 e. The van der Waals surface area contributed by atoms with Crippen molar-refractivity contribution in [1.29, 1.82) is 0 Å². The first-order valence-corrected chi connectivity index (χ1v) is 7.38.